The summed E-state index contributed by atoms with van der Waals surface area (Å²) in [5, 5.41) is 10.8. The van der Waals surface area contributed by atoms with Crippen molar-refractivity contribution in [3.63, 3.8) is 0 Å². The van der Waals surface area contributed by atoms with Gasteiger partial charge in [0.2, 0.25) is 0 Å². The molecule has 1 saturated heterocycles. The average Bonchev–Trinajstić information content (AvgIpc) is 2.93. The number of Topliss-reactive ketones (excluding diaryl/α,β-unsaturated/α-hetero) is 1. The van der Waals surface area contributed by atoms with Gasteiger partial charge in [-0.25, -0.2) is 0 Å². The Hall–Kier alpha value is -3.12. The maximum atomic E-state index is 12.7. The van der Waals surface area contributed by atoms with Crippen molar-refractivity contribution in [2.75, 3.05) is 32.1 Å². The Morgan fingerprint density at radius 3 is 2.26 bits per heavy atom. The van der Waals surface area contributed by atoms with Crippen LogP contribution in [0.5, 0.6) is 0 Å². The van der Waals surface area contributed by atoms with Crippen LogP contribution in [0.3, 0.4) is 0 Å². The Morgan fingerprint density at radius 1 is 1.07 bits per heavy atom. The molecule has 1 heterocycles. The fourth-order valence-electron chi connectivity index (χ4n) is 3.30. The number of anilines is 1. The zero-order valence-electron chi connectivity index (χ0n) is 15.4. The Kier molecular flexibility index (Phi) is 5.28. The van der Waals surface area contributed by atoms with Gasteiger partial charge in [0.05, 0.1) is 11.6 Å². The molecule has 3 rings (SSSR count). The van der Waals surface area contributed by atoms with E-state index < -0.39 is 17.7 Å². The first-order valence-electron chi connectivity index (χ1n) is 8.77. The minimum Gasteiger partial charge on any atom is -0.507 e. The summed E-state index contributed by atoms with van der Waals surface area (Å²) in [5.41, 5.74) is 8.01. The van der Waals surface area contributed by atoms with E-state index in [1.165, 1.54) is 4.90 Å². The molecule has 1 aliphatic heterocycles. The normalized spacial score (nSPS) is 18.8. The van der Waals surface area contributed by atoms with Gasteiger partial charge in [0, 0.05) is 38.4 Å². The van der Waals surface area contributed by atoms with Crippen molar-refractivity contribution in [2.24, 2.45) is 5.73 Å². The Balaban J connectivity index is 2.14. The molecule has 0 saturated carbocycles. The lowest BCUT2D eigenvalue weighted by Gasteiger charge is -2.25. The third-order valence-corrected chi connectivity index (χ3v) is 4.68. The second-order valence-corrected chi connectivity index (χ2v) is 6.63. The molecule has 0 aliphatic carbocycles. The van der Waals surface area contributed by atoms with Crippen LogP contribution in [0.1, 0.15) is 17.2 Å². The molecule has 6 heteroatoms. The Labute approximate surface area is 158 Å². The number of ketones is 1. The van der Waals surface area contributed by atoms with E-state index in [2.05, 4.69) is 0 Å². The molecule has 1 aliphatic rings. The lowest BCUT2D eigenvalue weighted by atomic mass is 9.95. The van der Waals surface area contributed by atoms with Gasteiger partial charge in [-0.2, -0.15) is 0 Å². The third kappa shape index (κ3) is 3.44. The van der Waals surface area contributed by atoms with Gasteiger partial charge in [0.15, 0.2) is 0 Å². The van der Waals surface area contributed by atoms with Crippen LogP contribution in [0.2, 0.25) is 0 Å². The second kappa shape index (κ2) is 7.63. The molecule has 0 bridgehead atoms. The summed E-state index contributed by atoms with van der Waals surface area (Å²) in [5.74, 6) is -1.50. The summed E-state index contributed by atoms with van der Waals surface area (Å²) >= 11 is 0. The van der Waals surface area contributed by atoms with Gasteiger partial charge in [-0.05, 0) is 17.7 Å². The molecule has 1 unspecified atom stereocenters. The van der Waals surface area contributed by atoms with E-state index in [1.807, 2.05) is 49.3 Å². The fourth-order valence-corrected chi connectivity index (χ4v) is 3.30. The van der Waals surface area contributed by atoms with Crippen LogP contribution in [0.25, 0.3) is 5.76 Å². The number of nitrogens with two attached hydrogens (primary N) is 1. The molecule has 1 amide bonds. The summed E-state index contributed by atoms with van der Waals surface area (Å²) in [6, 6.07) is 15.7. The highest BCUT2D eigenvalue weighted by molar-refractivity contribution is 6.46. The molecule has 2 aromatic carbocycles. The van der Waals surface area contributed by atoms with Gasteiger partial charge in [-0.1, -0.05) is 42.5 Å². The van der Waals surface area contributed by atoms with E-state index in [1.54, 1.807) is 24.3 Å². The van der Waals surface area contributed by atoms with E-state index >= 15 is 0 Å². The quantitative estimate of drug-likeness (QED) is 0.482. The van der Waals surface area contributed by atoms with E-state index in [4.69, 9.17) is 5.73 Å². The second-order valence-electron chi connectivity index (χ2n) is 6.63. The lowest BCUT2D eigenvalue weighted by Crippen LogP contribution is -2.34. The number of nitrogens with zero attached hydrogens (tertiary/aromatic N) is 2. The summed E-state index contributed by atoms with van der Waals surface area (Å²) < 4.78 is 0. The zero-order chi connectivity index (χ0) is 19.6. The number of benzene rings is 2. The predicted molar refractivity (Wildman–Crippen MR) is 105 cm³/mol. The molecule has 0 aromatic heterocycles. The highest BCUT2D eigenvalue weighted by Crippen LogP contribution is 2.39. The van der Waals surface area contributed by atoms with E-state index in [9.17, 15) is 14.7 Å². The number of amides is 1. The molecule has 0 radical (unpaired) electrons. The molecule has 27 heavy (non-hydrogen) atoms. The third-order valence-electron chi connectivity index (χ3n) is 4.68. The van der Waals surface area contributed by atoms with Crippen LogP contribution in [-0.2, 0) is 9.59 Å². The molecule has 1 atom stereocenters. The van der Waals surface area contributed by atoms with Gasteiger partial charge in [0.25, 0.3) is 11.7 Å². The van der Waals surface area contributed by atoms with Crippen molar-refractivity contribution in [3.05, 3.63) is 71.3 Å². The molecule has 140 valence electrons. The smallest absolute Gasteiger partial charge is 0.295 e. The topological polar surface area (TPSA) is 86.9 Å². The maximum Gasteiger partial charge on any atom is 0.295 e. The molecule has 0 spiro atoms. The number of aliphatic hydroxyl groups is 1. The van der Waals surface area contributed by atoms with Crippen molar-refractivity contribution in [3.8, 4) is 0 Å². The maximum absolute atomic E-state index is 12.7. The van der Waals surface area contributed by atoms with Gasteiger partial charge >= 0.3 is 0 Å². The van der Waals surface area contributed by atoms with Gasteiger partial charge in [0.1, 0.15) is 5.76 Å². The van der Waals surface area contributed by atoms with Gasteiger partial charge < -0.3 is 20.6 Å². The van der Waals surface area contributed by atoms with E-state index in [0.717, 1.165) is 11.3 Å². The van der Waals surface area contributed by atoms with Crippen LogP contribution in [0, 0.1) is 0 Å². The molecule has 6 nitrogen and oxygen atoms in total. The summed E-state index contributed by atoms with van der Waals surface area (Å²) in [7, 11) is 3.87. The number of rotatable bonds is 5. The van der Waals surface area contributed by atoms with Crippen LogP contribution >= 0.6 is 0 Å². The lowest BCUT2D eigenvalue weighted by molar-refractivity contribution is -0.139. The van der Waals surface area contributed by atoms with Crippen molar-refractivity contribution >= 4 is 23.1 Å². The molecule has 1 fully saturated rings. The van der Waals surface area contributed by atoms with Crippen molar-refractivity contribution in [1.82, 2.24) is 4.90 Å². The van der Waals surface area contributed by atoms with Crippen LogP contribution in [-0.4, -0.2) is 48.9 Å². The number of hydrogen-bond acceptors (Lipinski definition) is 5. The SMILES string of the molecule is CN(C)c1ccc(C2C(=C(O)c3ccccc3)C(=O)C(=O)N2CCN)cc1. The first-order valence-corrected chi connectivity index (χ1v) is 8.77. The molecule has 3 N–H and O–H groups in total. The standard InChI is InChI=1S/C21H23N3O3/c1-23(2)16-10-8-14(9-11-16)18-17(19(25)15-6-4-3-5-7-15)20(26)21(27)24(18)13-12-22/h3-11,18,25H,12-13,22H2,1-2H3. The number of carbonyl (C=O) groups excluding carboxylic acids is 2. The Morgan fingerprint density at radius 2 is 1.70 bits per heavy atom. The monoisotopic (exact) mass is 365 g/mol. The van der Waals surface area contributed by atoms with Gasteiger partial charge in [-0.3, -0.25) is 9.59 Å². The van der Waals surface area contributed by atoms with Gasteiger partial charge in [-0.15, -0.1) is 0 Å². The molecule has 2 aromatic rings. The number of likely N-dealkylation sites (tertiary alicyclic amines) is 1. The number of carbonyl (C=O) groups is 2. The Bertz CT molecular complexity index is 873. The summed E-state index contributed by atoms with van der Waals surface area (Å²) in [6.45, 7) is 0.459. The largest absolute Gasteiger partial charge is 0.507 e. The van der Waals surface area contributed by atoms with E-state index in [0.29, 0.717) is 5.56 Å². The van der Waals surface area contributed by atoms with Crippen molar-refractivity contribution < 1.29 is 14.7 Å². The fraction of sp³-hybridized carbons (Fsp3) is 0.238. The van der Waals surface area contributed by atoms with Crippen molar-refractivity contribution in [1.29, 1.82) is 0 Å². The highest BCUT2D eigenvalue weighted by Gasteiger charge is 2.45. The van der Waals surface area contributed by atoms with Crippen LogP contribution in [0.15, 0.2) is 60.2 Å². The first kappa shape index (κ1) is 18.7. The minimum atomic E-state index is -0.688. The first-order chi connectivity index (χ1) is 13.0. The molecular formula is C21H23N3O3. The summed E-state index contributed by atoms with van der Waals surface area (Å²) in [4.78, 5) is 28.7. The number of aliphatic hydroxyl groups excluding tert-OH is 1. The minimum absolute atomic E-state index is 0.0947. The molecular weight excluding hydrogens is 342 g/mol. The predicted octanol–water partition coefficient (Wildman–Crippen LogP) is 2.13. The van der Waals surface area contributed by atoms with Crippen LogP contribution < -0.4 is 10.6 Å². The van der Waals surface area contributed by atoms with Crippen LogP contribution in [0.4, 0.5) is 5.69 Å². The average molecular weight is 365 g/mol. The van der Waals surface area contributed by atoms with E-state index in [-0.39, 0.29) is 24.4 Å². The van der Waals surface area contributed by atoms with Crippen molar-refractivity contribution in [2.45, 2.75) is 6.04 Å². The highest BCUT2D eigenvalue weighted by atomic mass is 16.3. The number of hydrogen-bond donors (Lipinski definition) is 2. The summed E-state index contributed by atoms with van der Waals surface area (Å²) in [6.07, 6.45) is 0. The zero-order valence-corrected chi connectivity index (χ0v) is 15.4.